The summed E-state index contributed by atoms with van der Waals surface area (Å²) in [5.74, 6) is 1.07. The van der Waals surface area contributed by atoms with Crippen LogP contribution in [-0.4, -0.2) is 84.0 Å². The maximum Gasteiger partial charge on any atom is 0.131 e. The summed E-state index contributed by atoms with van der Waals surface area (Å²) in [4.78, 5) is 19.4. The third kappa shape index (κ3) is 4.36. The molecule has 0 bridgehead atoms. The molecule has 8 heteroatoms. The van der Waals surface area contributed by atoms with Crippen LogP contribution in [0.3, 0.4) is 0 Å². The van der Waals surface area contributed by atoms with Crippen molar-refractivity contribution in [1.29, 1.82) is 5.26 Å². The fourth-order valence-electron chi connectivity index (χ4n) is 6.45. The number of anilines is 3. The van der Waals surface area contributed by atoms with E-state index in [9.17, 15) is 10.4 Å². The van der Waals surface area contributed by atoms with E-state index < -0.39 is 0 Å². The second-order valence-corrected chi connectivity index (χ2v) is 10.9. The summed E-state index contributed by atoms with van der Waals surface area (Å²) >= 11 is 0. The number of aliphatic hydroxyl groups excluding tert-OH is 1. The number of hydrogen-bond donors (Lipinski definition) is 1. The molecule has 0 radical (unpaired) electrons. The number of benzene rings is 1. The first-order valence-corrected chi connectivity index (χ1v) is 13.4. The van der Waals surface area contributed by atoms with E-state index in [0.29, 0.717) is 24.2 Å². The molecule has 0 aliphatic carbocycles. The molecule has 5 heterocycles. The van der Waals surface area contributed by atoms with Gasteiger partial charge in [-0.05, 0) is 63.1 Å². The van der Waals surface area contributed by atoms with Crippen molar-refractivity contribution in [3.05, 3.63) is 53.3 Å². The van der Waals surface area contributed by atoms with E-state index in [1.807, 2.05) is 25.3 Å². The standard InChI is InChI=1S/C29H35N7O/c1-19-12-23(33-9-8-25(37)18-33)14-31-29(19)34-10-11-36-21(3)15-35(17-24(36)16-34)27-7-5-22(13-30)28-26(27)6-4-20(2)32-28/h4-7,12,14,21,24-25,37H,8-11,15-18H2,1-3H3. The first-order valence-electron chi connectivity index (χ1n) is 13.4. The summed E-state index contributed by atoms with van der Waals surface area (Å²) in [6.45, 7) is 12.8. The van der Waals surface area contributed by atoms with Gasteiger partial charge in [0.25, 0.3) is 0 Å². The van der Waals surface area contributed by atoms with Crippen molar-refractivity contribution in [3.8, 4) is 6.07 Å². The van der Waals surface area contributed by atoms with Gasteiger partial charge in [0, 0.05) is 74.7 Å². The van der Waals surface area contributed by atoms with Gasteiger partial charge in [0.1, 0.15) is 11.9 Å². The Balaban J connectivity index is 1.24. The van der Waals surface area contributed by atoms with Crippen molar-refractivity contribution < 1.29 is 5.11 Å². The summed E-state index contributed by atoms with van der Waals surface area (Å²) in [6.07, 6.45) is 2.56. The molecule has 3 saturated heterocycles. The highest BCUT2D eigenvalue weighted by Crippen LogP contribution is 2.33. The van der Waals surface area contributed by atoms with Crippen LogP contribution in [0, 0.1) is 25.2 Å². The molecule has 0 amide bonds. The van der Waals surface area contributed by atoms with Crippen molar-refractivity contribution in [1.82, 2.24) is 14.9 Å². The van der Waals surface area contributed by atoms with Gasteiger partial charge in [-0.1, -0.05) is 0 Å². The monoisotopic (exact) mass is 497 g/mol. The van der Waals surface area contributed by atoms with Crippen molar-refractivity contribution in [3.63, 3.8) is 0 Å². The Morgan fingerprint density at radius 3 is 2.57 bits per heavy atom. The van der Waals surface area contributed by atoms with Gasteiger partial charge < -0.3 is 19.8 Å². The fraction of sp³-hybridized carbons (Fsp3) is 0.483. The smallest absolute Gasteiger partial charge is 0.131 e. The van der Waals surface area contributed by atoms with Crippen LogP contribution in [0.15, 0.2) is 36.5 Å². The Kier molecular flexibility index (Phi) is 6.13. The summed E-state index contributed by atoms with van der Waals surface area (Å²) in [5.41, 5.74) is 5.81. The molecular weight excluding hydrogens is 462 g/mol. The highest BCUT2D eigenvalue weighted by Gasteiger charge is 2.37. The van der Waals surface area contributed by atoms with E-state index in [1.165, 1.54) is 5.56 Å². The van der Waals surface area contributed by atoms with Crippen molar-refractivity contribution in [2.24, 2.45) is 0 Å². The molecule has 3 unspecified atom stereocenters. The van der Waals surface area contributed by atoms with Gasteiger partial charge >= 0.3 is 0 Å². The molecule has 1 N–H and O–H groups in total. The van der Waals surface area contributed by atoms with E-state index in [0.717, 1.165) is 79.5 Å². The molecule has 37 heavy (non-hydrogen) atoms. The zero-order valence-electron chi connectivity index (χ0n) is 21.9. The number of nitrogens with zero attached hydrogens (tertiary/aromatic N) is 7. The fourth-order valence-corrected chi connectivity index (χ4v) is 6.45. The minimum Gasteiger partial charge on any atom is -0.391 e. The van der Waals surface area contributed by atoms with Gasteiger partial charge in [-0.15, -0.1) is 0 Å². The number of pyridine rings is 2. The summed E-state index contributed by atoms with van der Waals surface area (Å²) < 4.78 is 0. The Labute approximate surface area is 218 Å². The van der Waals surface area contributed by atoms with E-state index >= 15 is 0 Å². The largest absolute Gasteiger partial charge is 0.391 e. The molecule has 3 aliphatic heterocycles. The van der Waals surface area contributed by atoms with Crippen molar-refractivity contribution in [2.45, 2.75) is 45.4 Å². The van der Waals surface area contributed by atoms with Crippen LogP contribution < -0.4 is 14.7 Å². The lowest BCUT2D eigenvalue weighted by atomic mass is 10.0. The minimum atomic E-state index is -0.239. The van der Waals surface area contributed by atoms with Crippen LogP contribution in [0.1, 0.15) is 30.2 Å². The van der Waals surface area contributed by atoms with Crippen LogP contribution in [0.25, 0.3) is 10.9 Å². The Morgan fingerprint density at radius 1 is 0.973 bits per heavy atom. The molecule has 1 aromatic carbocycles. The third-order valence-corrected chi connectivity index (χ3v) is 8.31. The van der Waals surface area contributed by atoms with E-state index in [2.05, 4.69) is 57.7 Å². The molecular formula is C29H35N7O. The van der Waals surface area contributed by atoms with Crippen LogP contribution in [0.4, 0.5) is 17.2 Å². The predicted molar refractivity (Wildman–Crippen MR) is 147 cm³/mol. The normalized spacial score (nSPS) is 24.4. The summed E-state index contributed by atoms with van der Waals surface area (Å²) in [5, 5.41) is 20.6. The topological polar surface area (TPSA) is 82.8 Å². The lowest BCUT2D eigenvalue weighted by molar-refractivity contribution is 0.108. The summed E-state index contributed by atoms with van der Waals surface area (Å²) in [6, 6.07) is 13.5. The molecule has 2 aromatic heterocycles. The number of piperazine rings is 2. The third-order valence-electron chi connectivity index (χ3n) is 8.31. The maximum atomic E-state index is 9.92. The first kappa shape index (κ1) is 24.0. The maximum absolute atomic E-state index is 9.92. The second-order valence-electron chi connectivity index (χ2n) is 10.9. The van der Waals surface area contributed by atoms with Gasteiger partial charge in [0.05, 0.1) is 29.1 Å². The van der Waals surface area contributed by atoms with Crippen LogP contribution in [0.5, 0.6) is 0 Å². The van der Waals surface area contributed by atoms with Gasteiger partial charge in [-0.3, -0.25) is 9.88 Å². The minimum absolute atomic E-state index is 0.239. The molecule has 3 fully saturated rings. The highest BCUT2D eigenvalue weighted by atomic mass is 16.3. The van der Waals surface area contributed by atoms with Gasteiger partial charge in [0.2, 0.25) is 0 Å². The molecule has 3 atom stereocenters. The Hall–Kier alpha value is -3.41. The van der Waals surface area contributed by atoms with E-state index in [1.54, 1.807) is 0 Å². The number of rotatable bonds is 3. The molecule has 0 saturated carbocycles. The molecule has 192 valence electrons. The van der Waals surface area contributed by atoms with Gasteiger partial charge in [0.15, 0.2) is 0 Å². The number of nitriles is 1. The van der Waals surface area contributed by atoms with Crippen LogP contribution in [-0.2, 0) is 0 Å². The number of hydrogen-bond acceptors (Lipinski definition) is 8. The number of β-amino-alcohol motifs (C(OH)–C–C–N with tert-alkyl or cyclic N) is 1. The lowest BCUT2D eigenvalue weighted by Crippen LogP contribution is -2.65. The van der Waals surface area contributed by atoms with Gasteiger partial charge in [-0.2, -0.15) is 5.26 Å². The predicted octanol–water partition coefficient (Wildman–Crippen LogP) is 3.09. The number of aromatic nitrogens is 2. The quantitative estimate of drug-likeness (QED) is 0.591. The van der Waals surface area contributed by atoms with Crippen molar-refractivity contribution >= 4 is 28.1 Å². The average molecular weight is 498 g/mol. The zero-order valence-corrected chi connectivity index (χ0v) is 21.9. The Bertz CT molecular complexity index is 1370. The molecule has 0 spiro atoms. The summed E-state index contributed by atoms with van der Waals surface area (Å²) in [7, 11) is 0. The van der Waals surface area contributed by atoms with E-state index in [-0.39, 0.29) is 6.10 Å². The van der Waals surface area contributed by atoms with Gasteiger partial charge in [-0.25, -0.2) is 4.98 Å². The van der Waals surface area contributed by atoms with Crippen LogP contribution >= 0.6 is 0 Å². The number of aryl methyl sites for hydroxylation is 2. The molecule has 3 aliphatic rings. The van der Waals surface area contributed by atoms with E-state index in [4.69, 9.17) is 9.97 Å². The molecule has 8 nitrogen and oxygen atoms in total. The zero-order chi connectivity index (χ0) is 25.7. The second kappa shape index (κ2) is 9.47. The highest BCUT2D eigenvalue weighted by molar-refractivity contribution is 5.95. The first-order chi connectivity index (χ1) is 17.9. The number of aliphatic hydroxyl groups is 1. The Morgan fingerprint density at radius 2 is 1.81 bits per heavy atom. The molecule has 6 rings (SSSR count). The lowest BCUT2D eigenvalue weighted by Gasteiger charge is -2.51. The SMILES string of the molecule is Cc1ccc2c(N3CC(C)N4CCN(c5ncc(N6CCC(O)C6)cc5C)CC4C3)ccc(C#N)c2n1. The number of fused-ring (bicyclic) bond motifs is 2. The van der Waals surface area contributed by atoms with Crippen molar-refractivity contribution in [2.75, 3.05) is 60.5 Å². The van der Waals surface area contributed by atoms with Crippen LogP contribution in [0.2, 0.25) is 0 Å². The molecule has 3 aromatic rings. The average Bonchev–Trinajstić information content (AvgIpc) is 3.33.